The van der Waals surface area contributed by atoms with Crippen molar-refractivity contribution < 1.29 is 4.79 Å². The summed E-state index contributed by atoms with van der Waals surface area (Å²) >= 11 is 6.45. The van der Waals surface area contributed by atoms with Crippen LogP contribution >= 0.6 is 11.6 Å². The van der Waals surface area contributed by atoms with E-state index in [2.05, 4.69) is 15.3 Å². The molecule has 0 bridgehead atoms. The fourth-order valence-corrected chi connectivity index (χ4v) is 4.43. The van der Waals surface area contributed by atoms with E-state index in [0.29, 0.717) is 11.2 Å². The molecular weight excluding hydrogens is 312 g/mol. The molecule has 1 aliphatic heterocycles. The number of halogens is 1. The fourth-order valence-electron chi connectivity index (χ4n) is 4.13. The quantitative estimate of drug-likeness (QED) is 0.918. The van der Waals surface area contributed by atoms with E-state index in [1.165, 1.54) is 12.8 Å². The molecule has 2 heterocycles. The molecule has 6 heteroatoms. The van der Waals surface area contributed by atoms with Gasteiger partial charge in [0.25, 0.3) is 0 Å². The summed E-state index contributed by atoms with van der Waals surface area (Å²) in [6, 6.07) is 0.439. The molecule has 1 saturated heterocycles. The largest absolute Gasteiger partial charge is 0.352 e. The van der Waals surface area contributed by atoms with Crippen LogP contribution in [-0.2, 0) is 11.8 Å². The normalized spacial score (nSPS) is 24.3. The summed E-state index contributed by atoms with van der Waals surface area (Å²) in [5.74, 6) is 0.154. The van der Waals surface area contributed by atoms with Gasteiger partial charge in [0, 0.05) is 24.7 Å². The van der Waals surface area contributed by atoms with Crippen molar-refractivity contribution in [1.82, 2.24) is 20.0 Å². The van der Waals surface area contributed by atoms with Gasteiger partial charge in [0.05, 0.1) is 11.7 Å². The highest BCUT2D eigenvalue weighted by molar-refractivity contribution is 6.30. The molecular formula is C17H27ClN4O. The highest BCUT2D eigenvalue weighted by Crippen LogP contribution is 2.38. The van der Waals surface area contributed by atoms with Crippen molar-refractivity contribution in [3.05, 3.63) is 16.4 Å². The third-order valence-corrected chi connectivity index (χ3v) is 5.85. The highest BCUT2D eigenvalue weighted by Gasteiger charge is 2.36. The van der Waals surface area contributed by atoms with Crippen molar-refractivity contribution in [1.29, 1.82) is 0 Å². The summed E-state index contributed by atoms with van der Waals surface area (Å²) in [7, 11) is 1.87. The van der Waals surface area contributed by atoms with Gasteiger partial charge in [0.1, 0.15) is 5.15 Å². The maximum Gasteiger partial charge on any atom is 0.237 e. The number of amides is 1. The molecule has 1 amide bonds. The molecule has 2 aliphatic rings. The molecule has 1 aromatic rings. The molecule has 128 valence electrons. The lowest BCUT2D eigenvalue weighted by atomic mass is 10.0. The SMILES string of the molecule is Cc1nn(C)c(Cl)c1[C@@H]1CCCN1[C@H](C)C(=O)NC1CCCC1. The molecule has 1 saturated carbocycles. The first-order chi connectivity index (χ1) is 11.0. The third-order valence-electron chi connectivity index (χ3n) is 5.40. The van der Waals surface area contributed by atoms with Crippen LogP contribution in [0.1, 0.15) is 62.7 Å². The molecule has 5 nitrogen and oxygen atoms in total. The minimum Gasteiger partial charge on any atom is -0.352 e. The molecule has 1 aromatic heterocycles. The van der Waals surface area contributed by atoms with Gasteiger partial charge in [-0.15, -0.1) is 0 Å². The Morgan fingerprint density at radius 1 is 1.30 bits per heavy atom. The molecule has 0 unspecified atom stereocenters. The summed E-state index contributed by atoms with van der Waals surface area (Å²) in [5, 5.41) is 8.36. The second kappa shape index (κ2) is 6.81. The Balaban J connectivity index is 1.74. The van der Waals surface area contributed by atoms with Crippen LogP contribution in [0.4, 0.5) is 0 Å². The van der Waals surface area contributed by atoms with Gasteiger partial charge in [0.15, 0.2) is 0 Å². The Kier molecular flexibility index (Phi) is 4.97. The molecule has 1 N–H and O–H groups in total. The Bertz CT molecular complexity index is 579. The number of carbonyl (C=O) groups excluding carboxylic acids is 1. The number of rotatable bonds is 4. The van der Waals surface area contributed by atoms with Crippen LogP contribution in [0.5, 0.6) is 0 Å². The predicted octanol–water partition coefficient (Wildman–Crippen LogP) is 2.97. The van der Waals surface area contributed by atoms with Crippen LogP contribution in [0.15, 0.2) is 0 Å². The molecule has 3 rings (SSSR count). The maximum atomic E-state index is 12.6. The van der Waals surface area contributed by atoms with Crippen LogP contribution in [0.25, 0.3) is 0 Å². The zero-order valence-electron chi connectivity index (χ0n) is 14.3. The smallest absolute Gasteiger partial charge is 0.237 e. The average Bonchev–Trinajstić information content (AvgIpc) is 3.21. The van der Waals surface area contributed by atoms with E-state index < -0.39 is 0 Å². The van der Waals surface area contributed by atoms with Crippen LogP contribution in [0, 0.1) is 6.92 Å². The number of aromatic nitrogens is 2. The van der Waals surface area contributed by atoms with Gasteiger partial charge in [-0.1, -0.05) is 24.4 Å². The van der Waals surface area contributed by atoms with Crippen LogP contribution in [0.2, 0.25) is 5.15 Å². The fraction of sp³-hybridized carbons (Fsp3) is 0.765. The first-order valence-electron chi connectivity index (χ1n) is 8.74. The van der Waals surface area contributed by atoms with E-state index in [0.717, 1.165) is 43.5 Å². The molecule has 1 aliphatic carbocycles. The first-order valence-corrected chi connectivity index (χ1v) is 9.12. The Hall–Kier alpha value is -1.07. The van der Waals surface area contributed by atoms with Crippen molar-refractivity contribution in [2.75, 3.05) is 6.54 Å². The van der Waals surface area contributed by atoms with Crippen LogP contribution < -0.4 is 5.32 Å². The first kappa shape index (κ1) is 16.8. The second-order valence-electron chi connectivity index (χ2n) is 6.98. The molecule has 0 aromatic carbocycles. The molecule has 0 spiro atoms. The minimum absolute atomic E-state index is 0.126. The molecule has 23 heavy (non-hydrogen) atoms. The van der Waals surface area contributed by atoms with Gasteiger partial charge in [-0.2, -0.15) is 5.10 Å². The topological polar surface area (TPSA) is 50.2 Å². The van der Waals surface area contributed by atoms with Crippen molar-refractivity contribution in [3.8, 4) is 0 Å². The summed E-state index contributed by atoms with van der Waals surface area (Å²) in [5.41, 5.74) is 2.06. The zero-order valence-corrected chi connectivity index (χ0v) is 15.1. The number of nitrogens with one attached hydrogen (secondary N) is 1. The van der Waals surface area contributed by atoms with E-state index in [1.807, 2.05) is 20.9 Å². The lowest BCUT2D eigenvalue weighted by Crippen LogP contribution is -2.47. The standard InChI is InChI=1S/C17H27ClN4O/c1-11-15(16(18)21(3)20-11)14-9-6-10-22(14)12(2)17(23)19-13-7-4-5-8-13/h12-14H,4-10H2,1-3H3,(H,19,23)/t12-,14+/m1/s1. The summed E-state index contributed by atoms with van der Waals surface area (Å²) in [6.45, 7) is 4.96. The van der Waals surface area contributed by atoms with E-state index >= 15 is 0 Å². The molecule has 2 atom stereocenters. The summed E-state index contributed by atoms with van der Waals surface area (Å²) < 4.78 is 1.73. The molecule has 0 radical (unpaired) electrons. The van der Waals surface area contributed by atoms with Crippen molar-refractivity contribution in [2.24, 2.45) is 7.05 Å². The summed E-state index contributed by atoms with van der Waals surface area (Å²) in [4.78, 5) is 14.9. The second-order valence-corrected chi connectivity index (χ2v) is 7.33. The predicted molar refractivity (Wildman–Crippen MR) is 91.5 cm³/mol. The summed E-state index contributed by atoms with van der Waals surface area (Å²) in [6.07, 6.45) is 6.83. The Labute approximate surface area is 143 Å². The van der Waals surface area contributed by atoms with Gasteiger partial charge < -0.3 is 5.32 Å². The maximum absolute atomic E-state index is 12.6. The minimum atomic E-state index is -0.126. The zero-order chi connectivity index (χ0) is 16.6. The number of carbonyl (C=O) groups is 1. The highest BCUT2D eigenvalue weighted by atomic mass is 35.5. The van der Waals surface area contributed by atoms with Crippen LogP contribution in [0.3, 0.4) is 0 Å². The van der Waals surface area contributed by atoms with Gasteiger partial charge in [0.2, 0.25) is 5.91 Å². The van der Waals surface area contributed by atoms with Gasteiger partial charge >= 0.3 is 0 Å². The Morgan fingerprint density at radius 2 is 2.00 bits per heavy atom. The number of likely N-dealkylation sites (tertiary alicyclic amines) is 1. The van der Waals surface area contributed by atoms with E-state index in [-0.39, 0.29) is 18.0 Å². The van der Waals surface area contributed by atoms with E-state index in [4.69, 9.17) is 11.6 Å². The van der Waals surface area contributed by atoms with Gasteiger partial charge in [-0.25, -0.2) is 0 Å². The Morgan fingerprint density at radius 3 is 2.61 bits per heavy atom. The van der Waals surface area contributed by atoms with Crippen molar-refractivity contribution >= 4 is 17.5 Å². The lowest BCUT2D eigenvalue weighted by Gasteiger charge is -2.30. The number of nitrogens with zero attached hydrogens (tertiary/aromatic N) is 3. The van der Waals surface area contributed by atoms with E-state index in [1.54, 1.807) is 4.68 Å². The lowest BCUT2D eigenvalue weighted by molar-refractivity contribution is -0.127. The van der Waals surface area contributed by atoms with Crippen molar-refractivity contribution in [3.63, 3.8) is 0 Å². The third kappa shape index (κ3) is 3.26. The number of hydrogen-bond acceptors (Lipinski definition) is 3. The van der Waals surface area contributed by atoms with E-state index in [9.17, 15) is 4.79 Å². The monoisotopic (exact) mass is 338 g/mol. The van der Waals surface area contributed by atoms with Gasteiger partial charge in [-0.3, -0.25) is 14.4 Å². The van der Waals surface area contributed by atoms with Crippen LogP contribution in [-0.4, -0.2) is 39.2 Å². The van der Waals surface area contributed by atoms with Crippen molar-refractivity contribution in [2.45, 2.75) is 70.5 Å². The average molecular weight is 339 g/mol. The number of hydrogen-bond donors (Lipinski definition) is 1. The molecule has 2 fully saturated rings. The number of aryl methyl sites for hydroxylation is 2. The van der Waals surface area contributed by atoms with Gasteiger partial charge in [-0.05, 0) is 46.1 Å².